The van der Waals surface area contributed by atoms with Gasteiger partial charge in [-0.05, 0) is 19.3 Å². The SMILES string of the molecule is CN(CC1CCCCO1)c1cc(NN)nc(C(F)(F)F)n1. The Morgan fingerprint density at radius 2 is 2.19 bits per heavy atom. The molecule has 0 aliphatic carbocycles. The molecule has 0 saturated carbocycles. The number of anilines is 2. The summed E-state index contributed by atoms with van der Waals surface area (Å²) in [5.74, 6) is 4.02. The number of alkyl halides is 3. The summed E-state index contributed by atoms with van der Waals surface area (Å²) < 4.78 is 43.9. The predicted octanol–water partition coefficient (Wildman–Crippen LogP) is 1.79. The number of hydrazine groups is 1. The first-order chi connectivity index (χ1) is 9.90. The first kappa shape index (κ1) is 15.8. The Hall–Kier alpha value is -1.61. The second-order valence-corrected chi connectivity index (χ2v) is 4.95. The van der Waals surface area contributed by atoms with Gasteiger partial charge in [-0.1, -0.05) is 0 Å². The van der Waals surface area contributed by atoms with Gasteiger partial charge in [0.25, 0.3) is 0 Å². The average molecular weight is 305 g/mol. The van der Waals surface area contributed by atoms with Gasteiger partial charge in [0, 0.05) is 26.3 Å². The number of rotatable bonds is 4. The summed E-state index contributed by atoms with van der Waals surface area (Å²) in [5.41, 5.74) is 2.13. The molecule has 0 aromatic carbocycles. The molecule has 0 spiro atoms. The molecule has 9 heteroatoms. The number of hydrogen-bond donors (Lipinski definition) is 2. The average Bonchev–Trinajstić information content (AvgIpc) is 2.46. The van der Waals surface area contributed by atoms with Crippen LogP contribution in [0.15, 0.2) is 6.07 Å². The summed E-state index contributed by atoms with van der Waals surface area (Å²) in [7, 11) is 1.67. The molecule has 2 heterocycles. The summed E-state index contributed by atoms with van der Waals surface area (Å²) in [6, 6.07) is 1.37. The highest BCUT2D eigenvalue weighted by molar-refractivity contribution is 5.48. The minimum atomic E-state index is -4.62. The molecule has 1 fully saturated rings. The van der Waals surface area contributed by atoms with Crippen molar-refractivity contribution >= 4 is 11.6 Å². The number of nitrogens with two attached hydrogens (primary N) is 1. The lowest BCUT2D eigenvalue weighted by Gasteiger charge is -2.28. The highest BCUT2D eigenvalue weighted by Gasteiger charge is 2.35. The van der Waals surface area contributed by atoms with Gasteiger partial charge in [-0.2, -0.15) is 13.2 Å². The van der Waals surface area contributed by atoms with E-state index in [0.717, 1.165) is 19.3 Å². The zero-order valence-electron chi connectivity index (χ0n) is 11.7. The van der Waals surface area contributed by atoms with Gasteiger partial charge in [0.1, 0.15) is 11.6 Å². The molecule has 3 N–H and O–H groups in total. The molecule has 6 nitrogen and oxygen atoms in total. The largest absolute Gasteiger partial charge is 0.451 e. The molecular formula is C12H18F3N5O. The lowest BCUT2D eigenvalue weighted by molar-refractivity contribution is -0.144. The van der Waals surface area contributed by atoms with Crippen molar-refractivity contribution in [3.8, 4) is 0 Å². The summed E-state index contributed by atoms with van der Waals surface area (Å²) >= 11 is 0. The second-order valence-electron chi connectivity index (χ2n) is 4.95. The van der Waals surface area contributed by atoms with Crippen LogP contribution in [-0.2, 0) is 10.9 Å². The van der Waals surface area contributed by atoms with Crippen LogP contribution in [0, 0.1) is 0 Å². The third-order valence-corrected chi connectivity index (χ3v) is 3.26. The smallest absolute Gasteiger partial charge is 0.376 e. The highest BCUT2D eigenvalue weighted by atomic mass is 19.4. The Kier molecular flexibility index (Phi) is 4.84. The van der Waals surface area contributed by atoms with E-state index >= 15 is 0 Å². The third kappa shape index (κ3) is 4.18. The van der Waals surface area contributed by atoms with E-state index in [4.69, 9.17) is 10.6 Å². The molecule has 1 aromatic rings. The minimum absolute atomic E-state index is 0.00216. The van der Waals surface area contributed by atoms with Crippen LogP contribution in [0.25, 0.3) is 0 Å². The molecule has 1 aliphatic heterocycles. The van der Waals surface area contributed by atoms with Gasteiger partial charge in [0.05, 0.1) is 6.10 Å². The maximum atomic E-state index is 12.8. The molecule has 118 valence electrons. The first-order valence-corrected chi connectivity index (χ1v) is 6.66. The number of aromatic nitrogens is 2. The van der Waals surface area contributed by atoms with Crippen molar-refractivity contribution in [3.05, 3.63) is 11.9 Å². The van der Waals surface area contributed by atoms with Crippen LogP contribution in [0.4, 0.5) is 24.8 Å². The van der Waals surface area contributed by atoms with Crippen molar-refractivity contribution in [2.75, 3.05) is 30.5 Å². The van der Waals surface area contributed by atoms with E-state index in [1.165, 1.54) is 6.07 Å². The number of ether oxygens (including phenoxy) is 1. The molecule has 1 atom stereocenters. The van der Waals surface area contributed by atoms with E-state index in [1.54, 1.807) is 11.9 Å². The van der Waals surface area contributed by atoms with Crippen molar-refractivity contribution in [3.63, 3.8) is 0 Å². The van der Waals surface area contributed by atoms with Crippen molar-refractivity contribution < 1.29 is 17.9 Å². The number of nitrogens with zero attached hydrogens (tertiary/aromatic N) is 3. The second kappa shape index (κ2) is 6.44. The van der Waals surface area contributed by atoms with Gasteiger partial charge in [-0.15, -0.1) is 0 Å². The van der Waals surface area contributed by atoms with Gasteiger partial charge in [-0.3, -0.25) is 0 Å². The molecule has 0 bridgehead atoms. The maximum absolute atomic E-state index is 12.8. The fourth-order valence-corrected chi connectivity index (χ4v) is 2.18. The zero-order chi connectivity index (χ0) is 15.5. The molecule has 0 amide bonds. The molecule has 1 aromatic heterocycles. The Morgan fingerprint density at radius 1 is 1.43 bits per heavy atom. The number of nitrogens with one attached hydrogen (secondary N) is 1. The molecule has 1 aliphatic rings. The van der Waals surface area contributed by atoms with E-state index in [9.17, 15) is 13.2 Å². The minimum Gasteiger partial charge on any atom is -0.376 e. The molecule has 1 saturated heterocycles. The van der Waals surface area contributed by atoms with Crippen molar-refractivity contribution in [2.24, 2.45) is 5.84 Å². The predicted molar refractivity (Wildman–Crippen MR) is 71.7 cm³/mol. The summed E-state index contributed by atoms with van der Waals surface area (Å²) in [5, 5.41) is 0. The third-order valence-electron chi connectivity index (χ3n) is 3.26. The van der Waals surface area contributed by atoms with Crippen LogP contribution >= 0.6 is 0 Å². The molecular weight excluding hydrogens is 287 g/mol. The number of nitrogen functional groups attached to an aromatic ring is 1. The number of likely N-dealkylation sites (N-methyl/N-ethyl adjacent to an activating group) is 1. The van der Waals surface area contributed by atoms with Crippen LogP contribution < -0.4 is 16.2 Å². The molecule has 0 radical (unpaired) electrons. The molecule has 2 rings (SSSR count). The lowest BCUT2D eigenvalue weighted by atomic mass is 10.1. The van der Waals surface area contributed by atoms with E-state index in [2.05, 4.69) is 15.4 Å². The topological polar surface area (TPSA) is 76.3 Å². The normalized spacial score (nSPS) is 19.4. The summed E-state index contributed by atoms with van der Waals surface area (Å²) in [6.07, 6.45) is -1.64. The first-order valence-electron chi connectivity index (χ1n) is 6.66. The number of hydrogen-bond acceptors (Lipinski definition) is 6. The van der Waals surface area contributed by atoms with Crippen molar-refractivity contribution in [1.82, 2.24) is 9.97 Å². The van der Waals surface area contributed by atoms with E-state index in [0.29, 0.717) is 13.2 Å². The fourth-order valence-electron chi connectivity index (χ4n) is 2.18. The Balaban J connectivity index is 2.17. The summed E-state index contributed by atoms with van der Waals surface area (Å²) in [6.45, 7) is 1.16. The van der Waals surface area contributed by atoms with E-state index < -0.39 is 12.0 Å². The Bertz CT molecular complexity index is 476. The molecule has 1 unspecified atom stereocenters. The van der Waals surface area contributed by atoms with Crippen molar-refractivity contribution in [2.45, 2.75) is 31.5 Å². The lowest BCUT2D eigenvalue weighted by Crippen LogP contribution is -2.34. The standard InChI is InChI=1S/C12H18F3N5O/c1-20(7-8-4-2-3-5-21-8)10-6-9(19-16)17-11(18-10)12(13,14)15/h6,8H,2-5,7,16H2,1H3,(H,17,18,19). The van der Waals surface area contributed by atoms with Crippen LogP contribution in [0.1, 0.15) is 25.1 Å². The van der Waals surface area contributed by atoms with Gasteiger partial charge in [0.2, 0.25) is 5.82 Å². The van der Waals surface area contributed by atoms with E-state index in [-0.39, 0.29) is 17.7 Å². The van der Waals surface area contributed by atoms with Crippen LogP contribution in [0.5, 0.6) is 0 Å². The fraction of sp³-hybridized carbons (Fsp3) is 0.667. The van der Waals surface area contributed by atoms with E-state index in [1.807, 2.05) is 0 Å². The van der Waals surface area contributed by atoms with Gasteiger partial charge in [0.15, 0.2) is 0 Å². The van der Waals surface area contributed by atoms with Crippen molar-refractivity contribution in [1.29, 1.82) is 0 Å². The highest BCUT2D eigenvalue weighted by Crippen LogP contribution is 2.29. The van der Waals surface area contributed by atoms with Crippen LogP contribution in [0.3, 0.4) is 0 Å². The Morgan fingerprint density at radius 3 is 2.76 bits per heavy atom. The van der Waals surface area contributed by atoms with Crippen LogP contribution in [-0.4, -0.2) is 36.3 Å². The Labute approximate surface area is 120 Å². The molecule has 21 heavy (non-hydrogen) atoms. The number of halogens is 3. The zero-order valence-corrected chi connectivity index (χ0v) is 11.7. The monoisotopic (exact) mass is 305 g/mol. The quantitative estimate of drug-likeness (QED) is 0.652. The summed E-state index contributed by atoms with van der Waals surface area (Å²) in [4.78, 5) is 8.50. The van der Waals surface area contributed by atoms with Crippen LogP contribution in [0.2, 0.25) is 0 Å². The maximum Gasteiger partial charge on any atom is 0.451 e. The van der Waals surface area contributed by atoms with Gasteiger partial charge < -0.3 is 15.1 Å². The van der Waals surface area contributed by atoms with Gasteiger partial charge >= 0.3 is 6.18 Å². The van der Waals surface area contributed by atoms with Gasteiger partial charge in [-0.25, -0.2) is 15.8 Å².